The van der Waals surface area contributed by atoms with E-state index in [2.05, 4.69) is 43.0 Å². The molecule has 1 spiro atoms. The molecule has 1 aliphatic heterocycles. The van der Waals surface area contributed by atoms with Gasteiger partial charge < -0.3 is 9.64 Å². The van der Waals surface area contributed by atoms with E-state index in [0.29, 0.717) is 5.92 Å². The lowest BCUT2D eigenvalue weighted by Gasteiger charge is -2.43. The van der Waals surface area contributed by atoms with E-state index in [-0.39, 0.29) is 5.60 Å². The van der Waals surface area contributed by atoms with Gasteiger partial charge in [0, 0.05) is 18.9 Å². The maximum absolute atomic E-state index is 6.58. The Labute approximate surface area is 135 Å². The Morgan fingerprint density at radius 2 is 1.91 bits per heavy atom. The Hall–Kier alpha value is -1.02. The SMILES string of the molecule is CCCN(CCC)CC1CCCC[C@@]12Cc1ccccc1O2. The molecular weight excluding hydrogens is 270 g/mol. The van der Waals surface area contributed by atoms with Gasteiger partial charge in [-0.05, 0) is 56.8 Å². The maximum Gasteiger partial charge on any atom is 0.123 e. The standard InChI is InChI=1S/C20H31NO/c1-3-13-21(14-4-2)16-18-10-7-8-12-20(18)15-17-9-5-6-11-19(17)22-20/h5-6,9,11,18H,3-4,7-8,10,12-16H2,1-2H3/t18?,20-/m1/s1. The van der Waals surface area contributed by atoms with Crippen molar-refractivity contribution in [1.29, 1.82) is 0 Å². The Kier molecular flexibility index (Phi) is 5.07. The summed E-state index contributed by atoms with van der Waals surface area (Å²) in [7, 11) is 0. The van der Waals surface area contributed by atoms with E-state index >= 15 is 0 Å². The Balaban J connectivity index is 1.75. The molecule has 1 fully saturated rings. The fourth-order valence-electron chi connectivity index (χ4n) is 4.47. The fraction of sp³-hybridized carbons (Fsp3) is 0.700. The minimum absolute atomic E-state index is 0.0850. The first-order valence-electron chi connectivity index (χ1n) is 9.26. The molecule has 22 heavy (non-hydrogen) atoms. The van der Waals surface area contributed by atoms with Crippen LogP contribution in [0, 0.1) is 5.92 Å². The van der Waals surface area contributed by atoms with Gasteiger partial charge in [0.05, 0.1) is 0 Å². The smallest absolute Gasteiger partial charge is 0.123 e. The highest BCUT2D eigenvalue weighted by Crippen LogP contribution is 2.46. The number of rotatable bonds is 6. The van der Waals surface area contributed by atoms with Crippen LogP contribution in [0.1, 0.15) is 57.9 Å². The van der Waals surface area contributed by atoms with Crippen molar-refractivity contribution in [2.75, 3.05) is 19.6 Å². The van der Waals surface area contributed by atoms with Crippen molar-refractivity contribution in [1.82, 2.24) is 4.90 Å². The Morgan fingerprint density at radius 3 is 2.64 bits per heavy atom. The summed E-state index contributed by atoms with van der Waals surface area (Å²) >= 11 is 0. The highest BCUT2D eigenvalue weighted by Gasteiger charge is 2.47. The van der Waals surface area contributed by atoms with Crippen LogP contribution in [0.3, 0.4) is 0 Å². The van der Waals surface area contributed by atoms with Gasteiger partial charge >= 0.3 is 0 Å². The van der Waals surface area contributed by atoms with Crippen LogP contribution in [0.5, 0.6) is 5.75 Å². The molecule has 1 aliphatic carbocycles. The van der Waals surface area contributed by atoms with Crippen LogP contribution < -0.4 is 4.74 Å². The minimum Gasteiger partial charge on any atom is -0.486 e. The van der Waals surface area contributed by atoms with Gasteiger partial charge in [0.15, 0.2) is 0 Å². The van der Waals surface area contributed by atoms with Crippen molar-refractivity contribution in [3.63, 3.8) is 0 Å². The Morgan fingerprint density at radius 1 is 1.14 bits per heavy atom. The second-order valence-corrected chi connectivity index (χ2v) is 7.19. The summed E-state index contributed by atoms with van der Waals surface area (Å²) in [6.07, 6.45) is 8.89. The van der Waals surface area contributed by atoms with E-state index < -0.39 is 0 Å². The van der Waals surface area contributed by atoms with Crippen molar-refractivity contribution < 1.29 is 4.74 Å². The van der Waals surface area contributed by atoms with E-state index in [4.69, 9.17) is 4.74 Å². The van der Waals surface area contributed by atoms with Gasteiger partial charge in [-0.15, -0.1) is 0 Å². The van der Waals surface area contributed by atoms with E-state index in [0.717, 1.165) is 12.2 Å². The molecular formula is C20H31NO. The number of ether oxygens (including phenoxy) is 1. The molecule has 0 bridgehead atoms. The van der Waals surface area contributed by atoms with Crippen LogP contribution in [-0.4, -0.2) is 30.1 Å². The summed E-state index contributed by atoms with van der Waals surface area (Å²) in [4.78, 5) is 2.67. The van der Waals surface area contributed by atoms with Crippen molar-refractivity contribution >= 4 is 0 Å². The van der Waals surface area contributed by atoms with E-state index in [1.54, 1.807) is 0 Å². The number of hydrogen-bond donors (Lipinski definition) is 0. The molecule has 1 saturated carbocycles. The lowest BCUT2D eigenvalue weighted by Crippen LogP contribution is -2.50. The van der Waals surface area contributed by atoms with E-state index in [1.165, 1.54) is 63.7 Å². The summed E-state index contributed by atoms with van der Waals surface area (Å²) in [6.45, 7) is 8.26. The van der Waals surface area contributed by atoms with Crippen LogP contribution in [-0.2, 0) is 6.42 Å². The zero-order valence-electron chi connectivity index (χ0n) is 14.3. The first-order valence-corrected chi connectivity index (χ1v) is 9.26. The number of nitrogens with zero attached hydrogens (tertiary/aromatic N) is 1. The van der Waals surface area contributed by atoms with Crippen molar-refractivity contribution in [2.24, 2.45) is 5.92 Å². The second kappa shape index (κ2) is 7.04. The van der Waals surface area contributed by atoms with Crippen molar-refractivity contribution in [3.8, 4) is 5.75 Å². The van der Waals surface area contributed by atoms with E-state index in [9.17, 15) is 0 Å². The Bertz CT molecular complexity index is 453. The van der Waals surface area contributed by atoms with Crippen LogP contribution in [0.2, 0.25) is 0 Å². The van der Waals surface area contributed by atoms with Gasteiger partial charge in [-0.2, -0.15) is 0 Å². The first kappa shape index (κ1) is 15.9. The predicted octanol–water partition coefficient (Wildman–Crippen LogP) is 4.67. The molecule has 1 aromatic carbocycles. The normalized spacial score (nSPS) is 27.1. The molecule has 1 heterocycles. The predicted molar refractivity (Wildman–Crippen MR) is 92.5 cm³/mol. The monoisotopic (exact) mass is 301 g/mol. The molecule has 0 aromatic heterocycles. The van der Waals surface area contributed by atoms with Gasteiger partial charge in [0.25, 0.3) is 0 Å². The van der Waals surface area contributed by atoms with Crippen LogP contribution >= 0.6 is 0 Å². The third-order valence-corrected chi connectivity index (χ3v) is 5.48. The van der Waals surface area contributed by atoms with Crippen LogP contribution in [0.4, 0.5) is 0 Å². The summed E-state index contributed by atoms with van der Waals surface area (Å²) in [5, 5.41) is 0. The van der Waals surface area contributed by atoms with Gasteiger partial charge in [-0.1, -0.05) is 38.5 Å². The third kappa shape index (κ3) is 3.17. The molecule has 2 atom stereocenters. The summed E-state index contributed by atoms with van der Waals surface area (Å²) < 4.78 is 6.58. The number of fused-ring (bicyclic) bond motifs is 1. The molecule has 2 aliphatic rings. The summed E-state index contributed by atoms with van der Waals surface area (Å²) in [6, 6.07) is 8.67. The van der Waals surface area contributed by atoms with Gasteiger partial charge in [0.1, 0.15) is 11.4 Å². The van der Waals surface area contributed by atoms with Crippen LogP contribution in [0.15, 0.2) is 24.3 Å². The molecule has 1 aromatic rings. The number of benzene rings is 1. The fourth-order valence-corrected chi connectivity index (χ4v) is 4.47. The highest BCUT2D eigenvalue weighted by atomic mass is 16.5. The summed E-state index contributed by atoms with van der Waals surface area (Å²) in [5.74, 6) is 1.83. The zero-order valence-corrected chi connectivity index (χ0v) is 14.3. The molecule has 3 rings (SSSR count). The van der Waals surface area contributed by atoms with Gasteiger partial charge in [-0.3, -0.25) is 0 Å². The molecule has 1 unspecified atom stereocenters. The molecule has 2 heteroatoms. The number of para-hydroxylation sites is 1. The lowest BCUT2D eigenvalue weighted by atomic mass is 9.73. The lowest BCUT2D eigenvalue weighted by molar-refractivity contribution is -0.0204. The number of hydrogen-bond acceptors (Lipinski definition) is 2. The largest absolute Gasteiger partial charge is 0.486 e. The van der Waals surface area contributed by atoms with Crippen molar-refractivity contribution in [2.45, 2.75) is 64.4 Å². The van der Waals surface area contributed by atoms with E-state index in [1.807, 2.05) is 0 Å². The molecule has 0 N–H and O–H groups in total. The van der Waals surface area contributed by atoms with Gasteiger partial charge in [-0.25, -0.2) is 0 Å². The highest BCUT2D eigenvalue weighted by molar-refractivity contribution is 5.39. The van der Waals surface area contributed by atoms with Crippen molar-refractivity contribution in [3.05, 3.63) is 29.8 Å². The minimum atomic E-state index is 0.0850. The third-order valence-electron chi connectivity index (χ3n) is 5.48. The van der Waals surface area contributed by atoms with Crippen LogP contribution in [0.25, 0.3) is 0 Å². The average Bonchev–Trinajstić information content (AvgIpc) is 2.89. The molecule has 0 saturated heterocycles. The molecule has 0 amide bonds. The average molecular weight is 301 g/mol. The molecule has 122 valence electrons. The topological polar surface area (TPSA) is 12.5 Å². The van der Waals surface area contributed by atoms with Gasteiger partial charge in [0.2, 0.25) is 0 Å². The maximum atomic E-state index is 6.58. The zero-order chi connectivity index (χ0) is 15.4. The first-order chi connectivity index (χ1) is 10.8. The quantitative estimate of drug-likeness (QED) is 0.757. The molecule has 2 nitrogen and oxygen atoms in total. The summed E-state index contributed by atoms with van der Waals surface area (Å²) in [5.41, 5.74) is 1.51. The second-order valence-electron chi connectivity index (χ2n) is 7.19. The molecule has 0 radical (unpaired) electrons.